The minimum Gasteiger partial charge on any atom is -0.462 e. The third-order valence-electron chi connectivity index (χ3n) is 16.2. The van der Waals surface area contributed by atoms with Gasteiger partial charge in [-0.15, -0.1) is 0 Å². The lowest BCUT2D eigenvalue weighted by Gasteiger charge is -2.18. The number of allylic oxidation sites excluding steroid dienone is 12. The van der Waals surface area contributed by atoms with Gasteiger partial charge in [-0.3, -0.25) is 14.4 Å². The number of unbranched alkanes of at least 4 members (excludes halogenated alkanes) is 44. The van der Waals surface area contributed by atoms with Gasteiger partial charge >= 0.3 is 17.9 Å². The summed E-state index contributed by atoms with van der Waals surface area (Å²) in [5, 5.41) is 0. The first-order valence-electron chi connectivity index (χ1n) is 36.4. The van der Waals surface area contributed by atoms with Crippen molar-refractivity contribution in [3.8, 4) is 0 Å². The summed E-state index contributed by atoms with van der Waals surface area (Å²) in [6, 6.07) is 0. The highest BCUT2D eigenvalue weighted by Gasteiger charge is 2.19. The van der Waals surface area contributed by atoms with E-state index in [1.54, 1.807) is 0 Å². The molecule has 0 saturated carbocycles. The molecule has 6 heteroatoms. The average molecular weight is 1160 g/mol. The summed E-state index contributed by atoms with van der Waals surface area (Å²) in [4.78, 5) is 38.5. The number of hydrogen-bond donors (Lipinski definition) is 0. The van der Waals surface area contributed by atoms with E-state index in [1.807, 2.05) is 0 Å². The number of rotatable bonds is 67. The second-order valence-corrected chi connectivity index (χ2v) is 24.5. The third kappa shape index (κ3) is 69.5. The van der Waals surface area contributed by atoms with Crippen molar-refractivity contribution >= 4 is 17.9 Å². The zero-order chi connectivity index (χ0) is 59.9. The fourth-order valence-corrected chi connectivity index (χ4v) is 10.8. The lowest BCUT2D eigenvalue weighted by atomic mass is 10.0. The molecular weight excluding hydrogens is 1020 g/mol. The first-order valence-corrected chi connectivity index (χ1v) is 36.4. The second-order valence-electron chi connectivity index (χ2n) is 24.5. The Morgan fingerprint density at radius 2 is 0.470 bits per heavy atom. The predicted molar refractivity (Wildman–Crippen MR) is 362 cm³/mol. The maximum Gasteiger partial charge on any atom is 0.306 e. The summed E-state index contributed by atoms with van der Waals surface area (Å²) >= 11 is 0. The maximum atomic E-state index is 13.0. The molecule has 0 N–H and O–H groups in total. The molecule has 0 aliphatic heterocycles. The van der Waals surface area contributed by atoms with Gasteiger partial charge in [-0.2, -0.15) is 0 Å². The van der Waals surface area contributed by atoms with Crippen LogP contribution in [0.5, 0.6) is 0 Å². The molecule has 0 aliphatic rings. The quantitative estimate of drug-likeness (QED) is 0.0261. The van der Waals surface area contributed by atoms with Gasteiger partial charge in [0, 0.05) is 19.3 Å². The van der Waals surface area contributed by atoms with Crippen LogP contribution in [0.15, 0.2) is 72.9 Å². The van der Waals surface area contributed by atoms with E-state index in [4.69, 9.17) is 14.2 Å². The highest BCUT2D eigenvalue weighted by atomic mass is 16.6. The van der Waals surface area contributed by atoms with Crippen LogP contribution in [0.4, 0.5) is 0 Å². The van der Waals surface area contributed by atoms with Crippen molar-refractivity contribution in [3.05, 3.63) is 72.9 Å². The van der Waals surface area contributed by atoms with Crippen LogP contribution in [-0.2, 0) is 28.6 Å². The minimum absolute atomic E-state index is 0.0775. The third-order valence-corrected chi connectivity index (χ3v) is 16.2. The Hall–Kier alpha value is -3.15. The van der Waals surface area contributed by atoms with E-state index >= 15 is 0 Å². The van der Waals surface area contributed by atoms with Crippen LogP contribution in [0.3, 0.4) is 0 Å². The Kier molecular flexibility index (Phi) is 68.6. The van der Waals surface area contributed by atoms with Crippen molar-refractivity contribution < 1.29 is 28.6 Å². The molecule has 1 unspecified atom stereocenters. The SMILES string of the molecule is CC/C=C\C/C=C\C/C=C\C/C=C\C/C=C\CCCCCCCCCCCC(=O)OCC(COC(=O)CCCCCCC/C=C\CCCCCCCCC)OC(=O)CCCCCCCCCCCCCCCCCCCCCCCCCC. The maximum absolute atomic E-state index is 13.0. The highest BCUT2D eigenvalue weighted by molar-refractivity contribution is 5.71. The van der Waals surface area contributed by atoms with E-state index in [0.717, 1.165) is 103 Å². The van der Waals surface area contributed by atoms with E-state index in [0.29, 0.717) is 19.3 Å². The van der Waals surface area contributed by atoms with Gasteiger partial charge in [-0.05, 0) is 89.9 Å². The first-order chi connectivity index (χ1) is 41.0. The number of carbonyl (C=O) groups excluding carboxylic acids is 3. The van der Waals surface area contributed by atoms with Crippen molar-refractivity contribution in [1.82, 2.24) is 0 Å². The van der Waals surface area contributed by atoms with Crippen LogP contribution < -0.4 is 0 Å². The molecule has 0 spiro atoms. The fourth-order valence-electron chi connectivity index (χ4n) is 10.8. The Morgan fingerprint density at radius 3 is 0.747 bits per heavy atom. The van der Waals surface area contributed by atoms with Gasteiger partial charge in [0.1, 0.15) is 13.2 Å². The Morgan fingerprint density at radius 1 is 0.253 bits per heavy atom. The molecule has 0 amide bonds. The fraction of sp³-hybridized carbons (Fsp3) is 0.805. The van der Waals surface area contributed by atoms with Crippen molar-refractivity contribution in [3.63, 3.8) is 0 Å². The molecule has 0 aromatic carbocycles. The number of carbonyl (C=O) groups is 3. The van der Waals surface area contributed by atoms with Crippen LogP contribution in [-0.4, -0.2) is 37.2 Å². The van der Waals surface area contributed by atoms with Gasteiger partial charge in [-0.25, -0.2) is 0 Å². The van der Waals surface area contributed by atoms with E-state index in [9.17, 15) is 14.4 Å². The van der Waals surface area contributed by atoms with Crippen LogP contribution in [0.1, 0.15) is 380 Å². The molecule has 0 aliphatic carbocycles. The first kappa shape index (κ1) is 79.8. The molecule has 83 heavy (non-hydrogen) atoms. The molecule has 0 fully saturated rings. The number of ether oxygens (including phenoxy) is 3. The summed E-state index contributed by atoms with van der Waals surface area (Å²) in [5.74, 6) is -0.866. The zero-order valence-corrected chi connectivity index (χ0v) is 55.5. The van der Waals surface area contributed by atoms with Crippen molar-refractivity contribution in [1.29, 1.82) is 0 Å². The largest absolute Gasteiger partial charge is 0.462 e. The molecule has 0 radical (unpaired) electrons. The Bertz CT molecular complexity index is 1520. The van der Waals surface area contributed by atoms with Crippen LogP contribution in [0, 0.1) is 0 Å². The van der Waals surface area contributed by atoms with Gasteiger partial charge in [0.2, 0.25) is 0 Å². The normalized spacial score (nSPS) is 12.5. The highest BCUT2D eigenvalue weighted by Crippen LogP contribution is 2.18. The average Bonchev–Trinajstić information content (AvgIpc) is 3.50. The lowest BCUT2D eigenvalue weighted by Crippen LogP contribution is -2.30. The molecule has 1 atom stereocenters. The van der Waals surface area contributed by atoms with E-state index < -0.39 is 6.10 Å². The topological polar surface area (TPSA) is 78.9 Å². The van der Waals surface area contributed by atoms with Gasteiger partial charge in [0.05, 0.1) is 0 Å². The molecule has 0 aromatic heterocycles. The zero-order valence-electron chi connectivity index (χ0n) is 55.5. The molecule has 6 nitrogen and oxygen atoms in total. The minimum atomic E-state index is -0.782. The van der Waals surface area contributed by atoms with E-state index in [-0.39, 0.29) is 31.1 Å². The summed E-state index contributed by atoms with van der Waals surface area (Å²) in [6.07, 6.45) is 93.6. The van der Waals surface area contributed by atoms with Crippen molar-refractivity contribution in [2.24, 2.45) is 0 Å². The predicted octanol–water partition coefficient (Wildman–Crippen LogP) is 25.2. The number of esters is 3. The van der Waals surface area contributed by atoms with Gasteiger partial charge in [0.25, 0.3) is 0 Å². The van der Waals surface area contributed by atoms with Gasteiger partial charge < -0.3 is 14.2 Å². The molecule has 0 saturated heterocycles. The molecule has 482 valence electrons. The molecule has 0 bridgehead atoms. The Labute approximate surface area is 516 Å². The van der Waals surface area contributed by atoms with Crippen molar-refractivity contribution in [2.45, 2.75) is 386 Å². The van der Waals surface area contributed by atoms with Crippen LogP contribution in [0.25, 0.3) is 0 Å². The molecular formula is C77H138O6. The summed E-state index contributed by atoms with van der Waals surface area (Å²) in [7, 11) is 0. The summed E-state index contributed by atoms with van der Waals surface area (Å²) < 4.78 is 17.0. The van der Waals surface area contributed by atoms with Crippen molar-refractivity contribution in [2.75, 3.05) is 13.2 Å². The smallest absolute Gasteiger partial charge is 0.306 e. The van der Waals surface area contributed by atoms with Crippen LogP contribution in [0.2, 0.25) is 0 Å². The van der Waals surface area contributed by atoms with E-state index in [2.05, 4.69) is 93.7 Å². The van der Waals surface area contributed by atoms with Crippen LogP contribution >= 0.6 is 0 Å². The lowest BCUT2D eigenvalue weighted by molar-refractivity contribution is -0.167. The molecule has 0 heterocycles. The number of hydrogen-bond acceptors (Lipinski definition) is 6. The molecule has 0 aromatic rings. The summed E-state index contributed by atoms with van der Waals surface area (Å²) in [5.41, 5.74) is 0. The molecule has 0 rings (SSSR count). The standard InChI is InChI=1S/C77H138O6/c1-4-7-10-13-16-19-22-25-28-31-33-35-37-39-41-42-44-46-49-52-55-58-61-64-67-70-76(79)82-73-74(72-81-75(78)69-66-63-60-57-54-51-48-30-27-24-21-18-15-12-9-6-3)83-77(80)71-68-65-62-59-56-53-50-47-45-43-40-38-36-34-32-29-26-23-20-17-14-11-8-5-2/h7,10,16,19,25,28,30,33,35,39,41,48,74H,4-6,8-9,11-15,17-18,20-24,26-27,29,31-32,34,36-38,40,42-47,49-73H2,1-3H3/b10-7-,19-16-,28-25-,35-33-,41-39-,48-30-. The van der Waals surface area contributed by atoms with Gasteiger partial charge in [0.15, 0.2) is 6.10 Å². The van der Waals surface area contributed by atoms with Gasteiger partial charge in [-0.1, -0.05) is 344 Å². The second kappa shape index (κ2) is 71.3. The van der Waals surface area contributed by atoms with E-state index in [1.165, 1.54) is 238 Å². The summed E-state index contributed by atoms with van der Waals surface area (Å²) in [6.45, 7) is 6.58. The Balaban J connectivity index is 4.32. The monoisotopic (exact) mass is 1160 g/mol.